The first-order chi connectivity index (χ1) is 9.28. The molecule has 2 heterocycles. The summed E-state index contributed by atoms with van der Waals surface area (Å²) in [6.07, 6.45) is 0. The number of carbonyl (C=O) groups excluding carboxylic acids is 1. The summed E-state index contributed by atoms with van der Waals surface area (Å²) in [6.45, 7) is 3.20. The number of methoxy groups -OCH3 is 1. The van der Waals surface area contributed by atoms with Crippen molar-refractivity contribution in [3.63, 3.8) is 0 Å². The number of nitrogens with zero attached hydrogens (tertiary/aromatic N) is 2. The average molecular weight is 277 g/mol. The molecule has 0 aliphatic carbocycles. The fourth-order valence-electron chi connectivity index (χ4n) is 2.13. The zero-order valence-corrected chi connectivity index (χ0v) is 11.5. The van der Waals surface area contributed by atoms with E-state index < -0.39 is 0 Å². The van der Waals surface area contributed by atoms with Crippen LogP contribution in [0.15, 0.2) is 18.2 Å². The molecule has 0 unspecified atom stereocenters. The van der Waals surface area contributed by atoms with Crippen molar-refractivity contribution in [3.05, 3.63) is 23.2 Å². The van der Waals surface area contributed by atoms with E-state index in [0.717, 1.165) is 42.1 Å². The summed E-state index contributed by atoms with van der Waals surface area (Å²) >= 11 is 1.43. The number of aromatic nitrogens is 1. The van der Waals surface area contributed by atoms with Gasteiger partial charge in [-0.15, -0.1) is 11.3 Å². The van der Waals surface area contributed by atoms with Crippen molar-refractivity contribution in [3.8, 4) is 5.75 Å². The van der Waals surface area contributed by atoms with Gasteiger partial charge in [0.2, 0.25) is 0 Å². The molecule has 6 heteroatoms. The Morgan fingerprint density at radius 2 is 2.21 bits per heavy atom. The van der Waals surface area contributed by atoms with Crippen molar-refractivity contribution in [2.45, 2.75) is 0 Å². The number of nitrogens with one attached hydrogen (secondary N) is 1. The molecule has 0 spiro atoms. The van der Waals surface area contributed by atoms with E-state index in [1.54, 1.807) is 7.11 Å². The van der Waals surface area contributed by atoms with Crippen LogP contribution >= 0.6 is 11.3 Å². The lowest BCUT2D eigenvalue weighted by atomic mass is 10.3. The Kier molecular flexibility index (Phi) is 3.35. The first kappa shape index (κ1) is 12.4. The van der Waals surface area contributed by atoms with Crippen molar-refractivity contribution in [2.75, 3.05) is 33.3 Å². The maximum atomic E-state index is 12.3. The number of benzene rings is 1. The molecule has 1 aliphatic heterocycles. The SMILES string of the molecule is COc1ccc2nc(C(=O)N3CCNCC3)sc2c1. The summed E-state index contributed by atoms with van der Waals surface area (Å²) in [7, 11) is 1.63. The molecule has 19 heavy (non-hydrogen) atoms. The molecule has 0 saturated carbocycles. The van der Waals surface area contributed by atoms with Crippen LogP contribution in [0.5, 0.6) is 5.75 Å². The Hall–Kier alpha value is -1.66. The van der Waals surface area contributed by atoms with Gasteiger partial charge in [-0.2, -0.15) is 0 Å². The summed E-state index contributed by atoms with van der Waals surface area (Å²) in [4.78, 5) is 18.6. The predicted octanol–water partition coefficient (Wildman–Crippen LogP) is 1.35. The minimum Gasteiger partial charge on any atom is -0.497 e. The van der Waals surface area contributed by atoms with Crippen LogP contribution in [0.2, 0.25) is 0 Å². The summed E-state index contributed by atoms with van der Waals surface area (Å²) in [5, 5.41) is 3.80. The Morgan fingerprint density at radius 1 is 1.42 bits per heavy atom. The number of piperazine rings is 1. The first-order valence-electron chi connectivity index (χ1n) is 6.22. The summed E-state index contributed by atoms with van der Waals surface area (Å²) in [5.41, 5.74) is 0.851. The fraction of sp³-hybridized carbons (Fsp3) is 0.385. The summed E-state index contributed by atoms with van der Waals surface area (Å²) in [6, 6.07) is 5.67. The van der Waals surface area contributed by atoms with E-state index in [1.165, 1.54) is 11.3 Å². The van der Waals surface area contributed by atoms with Gasteiger partial charge in [0.05, 0.1) is 17.3 Å². The van der Waals surface area contributed by atoms with Crippen molar-refractivity contribution in [2.24, 2.45) is 0 Å². The van der Waals surface area contributed by atoms with E-state index in [1.807, 2.05) is 23.1 Å². The molecule has 2 aromatic rings. The van der Waals surface area contributed by atoms with Gasteiger partial charge in [-0.1, -0.05) is 0 Å². The lowest BCUT2D eigenvalue weighted by Crippen LogP contribution is -2.46. The van der Waals surface area contributed by atoms with Crippen LogP contribution < -0.4 is 10.1 Å². The van der Waals surface area contributed by atoms with Crippen molar-refractivity contribution >= 4 is 27.5 Å². The van der Waals surface area contributed by atoms with Crippen LogP contribution in [-0.4, -0.2) is 49.1 Å². The Bertz CT molecular complexity index is 605. The van der Waals surface area contributed by atoms with E-state index >= 15 is 0 Å². The number of ether oxygens (including phenoxy) is 1. The maximum Gasteiger partial charge on any atom is 0.282 e. The van der Waals surface area contributed by atoms with Gasteiger partial charge >= 0.3 is 0 Å². The van der Waals surface area contributed by atoms with Crippen LogP contribution in [0.4, 0.5) is 0 Å². The largest absolute Gasteiger partial charge is 0.497 e. The van der Waals surface area contributed by atoms with E-state index in [-0.39, 0.29) is 5.91 Å². The number of rotatable bonds is 2. The minimum atomic E-state index is 0.0293. The van der Waals surface area contributed by atoms with Crippen molar-refractivity contribution in [1.82, 2.24) is 15.2 Å². The van der Waals surface area contributed by atoms with Gasteiger partial charge in [0, 0.05) is 26.2 Å². The molecule has 0 bridgehead atoms. The molecule has 1 aliphatic rings. The van der Waals surface area contributed by atoms with Crippen LogP contribution in [0.1, 0.15) is 9.80 Å². The zero-order valence-electron chi connectivity index (χ0n) is 10.7. The fourth-order valence-corrected chi connectivity index (χ4v) is 3.09. The Morgan fingerprint density at radius 3 is 2.95 bits per heavy atom. The van der Waals surface area contributed by atoms with Gasteiger partial charge in [0.15, 0.2) is 5.01 Å². The molecule has 0 radical (unpaired) electrons. The lowest BCUT2D eigenvalue weighted by Gasteiger charge is -2.26. The van der Waals surface area contributed by atoms with Crippen LogP contribution in [0.3, 0.4) is 0 Å². The first-order valence-corrected chi connectivity index (χ1v) is 7.04. The van der Waals surface area contributed by atoms with E-state index in [2.05, 4.69) is 10.3 Å². The van der Waals surface area contributed by atoms with Gasteiger partial charge in [0.1, 0.15) is 5.75 Å². The molecule has 1 fully saturated rings. The van der Waals surface area contributed by atoms with E-state index in [0.29, 0.717) is 5.01 Å². The monoisotopic (exact) mass is 277 g/mol. The summed E-state index contributed by atoms with van der Waals surface area (Å²) in [5.74, 6) is 0.819. The van der Waals surface area contributed by atoms with Gasteiger partial charge in [-0.05, 0) is 18.2 Å². The number of carbonyl (C=O) groups is 1. The minimum absolute atomic E-state index is 0.0293. The molecule has 5 nitrogen and oxygen atoms in total. The third-order valence-corrected chi connectivity index (χ3v) is 4.19. The smallest absolute Gasteiger partial charge is 0.282 e. The zero-order chi connectivity index (χ0) is 13.2. The highest BCUT2D eigenvalue weighted by Gasteiger charge is 2.21. The number of hydrogen-bond acceptors (Lipinski definition) is 5. The van der Waals surface area contributed by atoms with Gasteiger partial charge < -0.3 is 15.0 Å². The van der Waals surface area contributed by atoms with Gasteiger partial charge in [0.25, 0.3) is 5.91 Å². The predicted molar refractivity (Wildman–Crippen MR) is 74.9 cm³/mol. The van der Waals surface area contributed by atoms with Gasteiger partial charge in [-0.3, -0.25) is 4.79 Å². The molecule has 100 valence electrons. The number of thiazole rings is 1. The molecule has 1 amide bonds. The second kappa shape index (κ2) is 5.14. The number of hydrogen-bond donors (Lipinski definition) is 1. The Balaban J connectivity index is 1.89. The Labute approximate surface area is 115 Å². The normalized spacial score (nSPS) is 15.7. The van der Waals surface area contributed by atoms with Crippen LogP contribution in [-0.2, 0) is 0 Å². The maximum absolute atomic E-state index is 12.3. The van der Waals surface area contributed by atoms with Crippen molar-refractivity contribution < 1.29 is 9.53 Å². The third-order valence-electron chi connectivity index (χ3n) is 3.18. The highest BCUT2D eigenvalue weighted by atomic mass is 32.1. The third kappa shape index (κ3) is 2.41. The number of amides is 1. The molecule has 3 rings (SSSR count). The number of fused-ring (bicyclic) bond motifs is 1. The van der Waals surface area contributed by atoms with E-state index in [4.69, 9.17) is 4.74 Å². The lowest BCUT2D eigenvalue weighted by molar-refractivity contribution is 0.0735. The van der Waals surface area contributed by atoms with Crippen LogP contribution in [0, 0.1) is 0 Å². The topological polar surface area (TPSA) is 54.5 Å². The van der Waals surface area contributed by atoms with Gasteiger partial charge in [-0.25, -0.2) is 4.98 Å². The highest BCUT2D eigenvalue weighted by Crippen LogP contribution is 2.27. The standard InChI is InChI=1S/C13H15N3O2S/c1-18-9-2-3-10-11(8-9)19-12(15-10)13(17)16-6-4-14-5-7-16/h2-3,8,14H,4-7H2,1H3. The molecule has 1 aromatic carbocycles. The average Bonchev–Trinajstić information content (AvgIpc) is 2.90. The second-order valence-corrected chi connectivity index (χ2v) is 5.43. The summed E-state index contributed by atoms with van der Waals surface area (Å²) < 4.78 is 6.17. The second-order valence-electron chi connectivity index (χ2n) is 4.39. The molecule has 0 atom stereocenters. The molecule has 1 saturated heterocycles. The molecule has 1 aromatic heterocycles. The molecular formula is C13H15N3O2S. The van der Waals surface area contributed by atoms with Crippen molar-refractivity contribution in [1.29, 1.82) is 0 Å². The molecule has 1 N–H and O–H groups in total. The van der Waals surface area contributed by atoms with Crippen LogP contribution in [0.25, 0.3) is 10.2 Å². The quantitative estimate of drug-likeness (QED) is 0.900. The van der Waals surface area contributed by atoms with E-state index in [9.17, 15) is 4.79 Å². The highest BCUT2D eigenvalue weighted by molar-refractivity contribution is 7.20. The molecular weight excluding hydrogens is 262 g/mol.